The molecule has 0 spiro atoms. The molecule has 0 radical (unpaired) electrons. The molecule has 1 aliphatic rings. The Balaban J connectivity index is 1.52. The highest BCUT2D eigenvalue weighted by Gasteiger charge is 2.31. The number of nitrogens with one attached hydrogen (secondary N) is 1. The number of aromatic nitrogens is 3. The number of nitrogens with zero attached hydrogens (tertiary/aromatic N) is 5. The number of amides is 1. The standard InChI is InChI=1S/C14H15F3N6OS/c15-14(16,17)10-1-2-18-11(7-10)23-5-3-22(4-6-23)8-12(24)20-13-21-19-9-25-13/h1-2,7,9H,3-6,8H2,(H,20,21,24). The van der Waals surface area contributed by atoms with Gasteiger partial charge in [-0.05, 0) is 12.1 Å². The largest absolute Gasteiger partial charge is 0.416 e. The van der Waals surface area contributed by atoms with Gasteiger partial charge in [0.15, 0.2) is 0 Å². The van der Waals surface area contributed by atoms with E-state index in [0.717, 1.165) is 12.1 Å². The van der Waals surface area contributed by atoms with Gasteiger partial charge in [0.1, 0.15) is 11.3 Å². The van der Waals surface area contributed by atoms with Crippen molar-refractivity contribution < 1.29 is 18.0 Å². The van der Waals surface area contributed by atoms with E-state index in [-0.39, 0.29) is 12.5 Å². The zero-order valence-corrected chi connectivity index (χ0v) is 13.8. The van der Waals surface area contributed by atoms with Crippen LogP contribution >= 0.6 is 11.3 Å². The Morgan fingerprint density at radius 3 is 2.68 bits per heavy atom. The Morgan fingerprint density at radius 2 is 2.04 bits per heavy atom. The number of carbonyl (C=O) groups excluding carboxylic acids is 1. The molecule has 11 heteroatoms. The van der Waals surface area contributed by atoms with Crippen LogP contribution in [0.3, 0.4) is 0 Å². The molecule has 2 aromatic rings. The number of anilines is 2. The molecule has 0 aromatic carbocycles. The first-order valence-electron chi connectivity index (χ1n) is 7.48. The van der Waals surface area contributed by atoms with Gasteiger partial charge in [-0.25, -0.2) is 4.98 Å². The quantitative estimate of drug-likeness (QED) is 0.881. The van der Waals surface area contributed by atoms with Crippen LogP contribution in [-0.2, 0) is 11.0 Å². The fourth-order valence-electron chi connectivity index (χ4n) is 2.49. The number of alkyl halides is 3. The molecule has 2 aromatic heterocycles. The number of hydrogen-bond donors (Lipinski definition) is 1. The summed E-state index contributed by atoms with van der Waals surface area (Å²) in [6, 6.07) is 2.01. The summed E-state index contributed by atoms with van der Waals surface area (Å²) in [4.78, 5) is 19.7. The molecule has 7 nitrogen and oxygen atoms in total. The monoisotopic (exact) mass is 372 g/mol. The molecule has 1 amide bonds. The van der Waals surface area contributed by atoms with Crippen molar-refractivity contribution in [1.82, 2.24) is 20.1 Å². The third-order valence-electron chi connectivity index (χ3n) is 3.74. The van der Waals surface area contributed by atoms with Crippen LogP contribution in [0.4, 0.5) is 24.1 Å². The lowest BCUT2D eigenvalue weighted by molar-refractivity contribution is -0.137. The van der Waals surface area contributed by atoms with Gasteiger partial charge in [0.25, 0.3) is 0 Å². The van der Waals surface area contributed by atoms with Gasteiger partial charge in [0.05, 0.1) is 12.1 Å². The maximum atomic E-state index is 12.8. The maximum Gasteiger partial charge on any atom is 0.416 e. The van der Waals surface area contributed by atoms with Gasteiger partial charge in [0, 0.05) is 32.4 Å². The first-order valence-corrected chi connectivity index (χ1v) is 8.36. The smallest absolute Gasteiger partial charge is 0.354 e. The van der Waals surface area contributed by atoms with Gasteiger partial charge in [-0.1, -0.05) is 11.3 Å². The van der Waals surface area contributed by atoms with Crippen LogP contribution in [0, 0.1) is 0 Å². The van der Waals surface area contributed by atoms with Crippen molar-refractivity contribution >= 4 is 28.2 Å². The van der Waals surface area contributed by atoms with Crippen LogP contribution in [0.5, 0.6) is 0 Å². The summed E-state index contributed by atoms with van der Waals surface area (Å²) in [5.41, 5.74) is 0.813. The predicted molar refractivity (Wildman–Crippen MR) is 86.4 cm³/mol. The Labute approximate surface area is 145 Å². The molecular weight excluding hydrogens is 357 g/mol. The zero-order valence-electron chi connectivity index (χ0n) is 13.0. The van der Waals surface area contributed by atoms with E-state index in [1.54, 1.807) is 4.90 Å². The lowest BCUT2D eigenvalue weighted by atomic mass is 10.2. The van der Waals surface area contributed by atoms with E-state index in [9.17, 15) is 18.0 Å². The summed E-state index contributed by atoms with van der Waals surface area (Å²) < 4.78 is 38.4. The van der Waals surface area contributed by atoms with Gasteiger partial charge in [0.2, 0.25) is 11.0 Å². The van der Waals surface area contributed by atoms with Crippen molar-refractivity contribution in [3.63, 3.8) is 0 Å². The summed E-state index contributed by atoms with van der Waals surface area (Å²) >= 11 is 1.23. The molecule has 0 atom stereocenters. The summed E-state index contributed by atoms with van der Waals surface area (Å²) in [5.74, 6) is 0.107. The lowest BCUT2D eigenvalue weighted by Crippen LogP contribution is -2.49. The van der Waals surface area contributed by atoms with E-state index in [0.29, 0.717) is 37.1 Å². The minimum Gasteiger partial charge on any atom is -0.354 e. The number of halogens is 3. The van der Waals surface area contributed by atoms with Crippen LogP contribution < -0.4 is 10.2 Å². The molecule has 1 aliphatic heterocycles. The van der Waals surface area contributed by atoms with Crippen molar-refractivity contribution in [2.45, 2.75) is 6.18 Å². The molecule has 3 rings (SSSR count). The Hall–Kier alpha value is -2.27. The third kappa shape index (κ3) is 4.63. The number of hydrogen-bond acceptors (Lipinski definition) is 7. The van der Waals surface area contributed by atoms with E-state index in [4.69, 9.17) is 0 Å². The van der Waals surface area contributed by atoms with E-state index >= 15 is 0 Å². The zero-order chi connectivity index (χ0) is 17.9. The van der Waals surface area contributed by atoms with E-state index in [1.165, 1.54) is 23.0 Å². The van der Waals surface area contributed by atoms with Crippen molar-refractivity contribution in [2.24, 2.45) is 0 Å². The Morgan fingerprint density at radius 1 is 1.28 bits per heavy atom. The highest BCUT2D eigenvalue weighted by atomic mass is 32.1. The van der Waals surface area contributed by atoms with Crippen molar-refractivity contribution in [2.75, 3.05) is 42.9 Å². The molecule has 0 bridgehead atoms. The van der Waals surface area contributed by atoms with Crippen LogP contribution in [0.15, 0.2) is 23.8 Å². The summed E-state index contributed by atoms with van der Waals surface area (Å²) in [6.07, 6.45) is -3.22. The minimum atomic E-state index is -4.39. The van der Waals surface area contributed by atoms with Gasteiger partial charge in [-0.15, -0.1) is 10.2 Å². The third-order valence-corrected chi connectivity index (χ3v) is 4.35. The molecule has 1 fully saturated rings. The average molecular weight is 372 g/mol. The number of rotatable bonds is 4. The van der Waals surface area contributed by atoms with Crippen molar-refractivity contribution in [3.05, 3.63) is 29.4 Å². The van der Waals surface area contributed by atoms with Crippen LogP contribution in [0.25, 0.3) is 0 Å². The Bertz CT molecular complexity index is 716. The van der Waals surface area contributed by atoms with Crippen molar-refractivity contribution in [1.29, 1.82) is 0 Å². The second-order valence-corrected chi connectivity index (χ2v) is 6.29. The highest BCUT2D eigenvalue weighted by Crippen LogP contribution is 2.30. The van der Waals surface area contributed by atoms with E-state index in [2.05, 4.69) is 20.5 Å². The average Bonchev–Trinajstić information content (AvgIpc) is 3.08. The van der Waals surface area contributed by atoms with Gasteiger partial charge in [-0.2, -0.15) is 13.2 Å². The first kappa shape index (κ1) is 17.5. The first-order chi connectivity index (χ1) is 11.9. The van der Waals surface area contributed by atoms with E-state index < -0.39 is 11.7 Å². The molecule has 0 saturated carbocycles. The summed E-state index contributed by atoms with van der Waals surface area (Å²) in [7, 11) is 0. The molecule has 0 aliphatic carbocycles. The van der Waals surface area contributed by atoms with Crippen LogP contribution in [0.2, 0.25) is 0 Å². The number of carbonyl (C=O) groups is 1. The molecule has 1 N–H and O–H groups in total. The lowest BCUT2D eigenvalue weighted by Gasteiger charge is -2.35. The second kappa shape index (κ2) is 7.31. The summed E-state index contributed by atoms with van der Waals surface area (Å²) in [6.45, 7) is 2.31. The van der Waals surface area contributed by atoms with Gasteiger partial charge in [-0.3, -0.25) is 15.0 Å². The topological polar surface area (TPSA) is 74.2 Å². The highest BCUT2D eigenvalue weighted by molar-refractivity contribution is 7.13. The van der Waals surface area contributed by atoms with Gasteiger partial charge < -0.3 is 4.90 Å². The number of pyridine rings is 1. The SMILES string of the molecule is O=C(CN1CCN(c2cc(C(F)(F)F)ccn2)CC1)Nc1nncs1. The second-order valence-electron chi connectivity index (χ2n) is 5.46. The molecule has 25 heavy (non-hydrogen) atoms. The number of piperazine rings is 1. The van der Waals surface area contributed by atoms with Crippen molar-refractivity contribution in [3.8, 4) is 0 Å². The normalized spacial score (nSPS) is 16.0. The Kier molecular flexibility index (Phi) is 5.13. The minimum absolute atomic E-state index is 0.192. The molecule has 134 valence electrons. The fraction of sp³-hybridized carbons (Fsp3) is 0.429. The van der Waals surface area contributed by atoms with Crippen LogP contribution in [0.1, 0.15) is 5.56 Å². The van der Waals surface area contributed by atoms with E-state index in [1.807, 2.05) is 4.90 Å². The molecule has 1 saturated heterocycles. The van der Waals surface area contributed by atoms with Crippen LogP contribution in [-0.4, -0.2) is 58.7 Å². The fourth-order valence-corrected chi connectivity index (χ4v) is 2.95. The summed E-state index contributed by atoms with van der Waals surface area (Å²) in [5, 5.41) is 10.5. The predicted octanol–water partition coefficient (Wildman–Crippen LogP) is 1.71. The molecular formula is C14H15F3N6OS. The maximum absolute atomic E-state index is 12.8. The molecule has 0 unspecified atom stereocenters. The molecule has 3 heterocycles. The van der Waals surface area contributed by atoms with Gasteiger partial charge >= 0.3 is 6.18 Å².